The molecule has 8 heteroatoms. The Morgan fingerprint density at radius 1 is 0.973 bits per heavy atom. The van der Waals surface area contributed by atoms with Crippen LogP contribution in [0.3, 0.4) is 0 Å². The number of aryl methyl sites for hydroxylation is 1. The molecule has 2 saturated heterocycles. The lowest BCUT2D eigenvalue weighted by molar-refractivity contribution is -0.0444. The summed E-state index contributed by atoms with van der Waals surface area (Å²) < 4.78 is 26.1. The second-order valence-electron chi connectivity index (χ2n) is 11.3. The van der Waals surface area contributed by atoms with Crippen molar-refractivity contribution in [2.24, 2.45) is 5.41 Å². The zero-order chi connectivity index (χ0) is 25.4. The fourth-order valence-corrected chi connectivity index (χ4v) is 6.48. The van der Waals surface area contributed by atoms with Crippen LogP contribution in [0.25, 0.3) is 33.8 Å². The van der Waals surface area contributed by atoms with Crippen LogP contribution in [-0.2, 0) is 16.4 Å². The molecule has 37 heavy (non-hydrogen) atoms. The van der Waals surface area contributed by atoms with E-state index in [1.54, 1.807) is 12.1 Å². The van der Waals surface area contributed by atoms with Crippen LogP contribution >= 0.6 is 0 Å². The molecule has 4 heterocycles. The number of pyridine rings is 1. The molecule has 0 atom stereocenters. The van der Waals surface area contributed by atoms with Crippen LogP contribution in [0, 0.1) is 12.3 Å². The van der Waals surface area contributed by atoms with Crippen molar-refractivity contribution in [2.45, 2.75) is 37.2 Å². The van der Waals surface area contributed by atoms with Crippen LogP contribution in [0.15, 0.2) is 59.5 Å². The Labute approximate surface area is 217 Å². The van der Waals surface area contributed by atoms with E-state index in [1.807, 2.05) is 12.1 Å². The second kappa shape index (κ2) is 8.21. The minimum atomic E-state index is -3.24. The fraction of sp³-hybridized carbons (Fsp3) is 0.379. The van der Waals surface area contributed by atoms with E-state index < -0.39 is 9.84 Å². The third-order valence-electron chi connectivity index (χ3n) is 8.07. The smallest absolute Gasteiger partial charge is 0.175 e. The number of nitrogens with one attached hydrogen (secondary N) is 1. The highest BCUT2D eigenvalue weighted by molar-refractivity contribution is 7.90. The molecule has 0 radical (unpaired) electrons. The normalized spacial score (nSPS) is 19.2. The third-order valence-corrected chi connectivity index (χ3v) is 9.19. The van der Waals surface area contributed by atoms with E-state index in [1.165, 1.54) is 38.0 Å². The van der Waals surface area contributed by atoms with Crippen molar-refractivity contribution in [3.8, 4) is 22.6 Å². The summed E-state index contributed by atoms with van der Waals surface area (Å²) in [5.74, 6) is 0.856. The number of fused-ring (bicyclic) bond motifs is 1. The van der Waals surface area contributed by atoms with Crippen LogP contribution in [0.2, 0.25) is 0 Å². The number of likely N-dealkylation sites (tertiary alicyclic amines) is 1. The molecule has 2 aliphatic heterocycles. The maximum atomic E-state index is 11.9. The van der Waals surface area contributed by atoms with Crippen LogP contribution in [0.5, 0.6) is 0 Å². The van der Waals surface area contributed by atoms with Gasteiger partial charge >= 0.3 is 0 Å². The van der Waals surface area contributed by atoms with Gasteiger partial charge in [-0.15, -0.1) is 0 Å². The SMILES string of the molecule is Cc1cc(-c2ccc(CN3CC4(CNC4)C3)cc2)nc2c1nc(-c1ccc(S(C)(=O)=O)cc1)n2C1CC1. The number of hydrogen-bond donors (Lipinski definition) is 1. The number of hydrogen-bond acceptors (Lipinski definition) is 6. The fourth-order valence-electron chi connectivity index (χ4n) is 5.85. The summed E-state index contributed by atoms with van der Waals surface area (Å²) in [6.45, 7) is 7.83. The van der Waals surface area contributed by atoms with Crippen molar-refractivity contribution in [1.82, 2.24) is 24.8 Å². The molecule has 0 bridgehead atoms. The van der Waals surface area contributed by atoms with Gasteiger partial charge in [0.25, 0.3) is 0 Å². The molecule has 1 spiro atoms. The molecule has 4 aromatic rings. The largest absolute Gasteiger partial charge is 0.315 e. The molecule has 0 amide bonds. The maximum absolute atomic E-state index is 11.9. The molecule has 2 aromatic carbocycles. The minimum Gasteiger partial charge on any atom is -0.315 e. The van der Waals surface area contributed by atoms with E-state index >= 15 is 0 Å². The molecule has 7 rings (SSSR count). The molecule has 190 valence electrons. The van der Waals surface area contributed by atoms with Crippen molar-refractivity contribution >= 4 is 21.0 Å². The number of rotatable bonds is 6. The molecule has 2 aromatic heterocycles. The van der Waals surface area contributed by atoms with Crippen LogP contribution in [-0.4, -0.2) is 60.3 Å². The van der Waals surface area contributed by atoms with E-state index in [0.29, 0.717) is 16.4 Å². The summed E-state index contributed by atoms with van der Waals surface area (Å²) in [5.41, 5.74) is 7.78. The average molecular weight is 514 g/mol. The van der Waals surface area contributed by atoms with Crippen molar-refractivity contribution in [2.75, 3.05) is 32.4 Å². The van der Waals surface area contributed by atoms with Gasteiger partial charge in [-0.2, -0.15) is 0 Å². The van der Waals surface area contributed by atoms with Crippen molar-refractivity contribution in [3.05, 3.63) is 65.7 Å². The maximum Gasteiger partial charge on any atom is 0.175 e. The molecular weight excluding hydrogens is 482 g/mol. The first kappa shape index (κ1) is 23.1. The number of nitrogens with zero attached hydrogens (tertiary/aromatic N) is 4. The molecule has 3 aliphatic rings. The Morgan fingerprint density at radius 2 is 1.65 bits per heavy atom. The highest BCUT2D eigenvalue weighted by Gasteiger charge is 2.47. The van der Waals surface area contributed by atoms with Gasteiger partial charge in [0, 0.05) is 61.6 Å². The first-order valence-corrected chi connectivity index (χ1v) is 14.9. The lowest BCUT2D eigenvalue weighted by Crippen LogP contribution is -2.70. The average Bonchev–Trinajstić information content (AvgIpc) is 3.59. The topological polar surface area (TPSA) is 80.1 Å². The van der Waals surface area contributed by atoms with Gasteiger partial charge in [-0.05, 0) is 61.2 Å². The van der Waals surface area contributed by atoms with E-state index in [0.717, 1.165) is 58.8 Å². The highest BCUT2D eigenvalue weighted by Crippen LogP contribution is 2.42. The molecule has 1 aliphatic carbocycles. The zero-order valence-electron chi connectivity index (χ0n) is 21.2. The lowest BCUT2D eigenvalue weighted by Gasteiger charge is -2.56. The van der Waals surface area contributed by atoms with Gasteiger partial charge in [0.15, 0.2) is 15.5 Å². The number of aromatic nitrogens is 3. The van der Waals surface area contributed by atoms with Gasteiger partial charge in [-0.3, -0.25) is 4.90 Å². The quantitative estimate of drug-likeness (QED) is 0.416. The van der Waals surface area contributed by atoms with Crippen molar-refractivity contribution in [1.29, 1.82) is 0 Å². The predicted molar refractivity (Wildman–Crippen MR) is 145 cm³/mol. The lowest BCUT2D eigenvalue weighted by atomic mass is 9.74. The van der Waals surface area contributed by atoms with E-state index in [-0.39, 0.29) is 0 Å². The van der Waals surface area contributed by atoms with Crippen molar-refractivity contribution < 1.29 is 8.42 Å². The molecule has 0 unspecified atom stereocenters. The Hall–Kier alpha value is -3.07. The summed E-state index contributed by atoms with van der Waals surface area (Å²) >= 11 is 0. The van der Waals surface area contributed by atoms with Crippen molar-refractivity contribution in [3.63, 3.8) is 0 Å². The van der Waals surface area contributed by atoms with Gasteiger partial charge in [-0.25, -0.2) is 18.4 Å². The highest BCUT2D eigenvalue weighted by atomic mass is 32.2. The summed E-state index contributed by atoms with van der Waals surface area (Å²) in [6.07, 6.45) is 3.44. The second-order valence-corrected chi connectivity index (χ2v) is 13.3. The summed E-state index contributed by atoms with van der Waals surface area (Å²) in [5, 5.41) is 3.40. The van der Waals surface area contributed by atoms with Gasteiger partial charge in [0.1, 0.15) is 11.3 Å². The summed E-state index contributed by atoms with van der Waals surface area (Å²) in [4.78, 5) is 13.0. The third kappa shape index (κ3) is 4.07. The Balaban J connectivity index is 1.20. The van der Waals surface area contributed by atoms with E-state index in [2.05, 4.69) is 52.0 Å². The van der Waals surface area contributed by atoms with Crippen LogP contribution in [0.1, 0.15) is 30.0 Å². The molecule has 7 nitrogen and oxygen atoms in total. The van der Waals surface area contributed by atoms with E-state index in [4.69, 9.17) is 9.97 Å². The van der Waals surface area contributed by atoms with Gasteiger partial charge in [0.2, 0.25) is 0 Å². The Kier molecular flexibility index (Phi) is 5.12. The van der Waals surface area contributed by atoms with Crippen LogP contribution < -0.4 is 5.32 Å². The van der Waals surface area contributed by atoms with Gasteiger partial charge < -0.3 is 9.88 Å². The molecular formula is C29H31N5O2S. The summed E-state index contributed by atoms with van der Waals surface area (Å²) in [7, 11) is -3.24. The molecule has 1 saturated carbocycles. The minimum absolute atomic E-state index is 0.319. The standard InChI is InChI=1S/C29H31N5O2S/c1-19-13-25(21-5-3-20(4-6-21)14-33-17-29(18-33)15-30-16-29)31-28-26(19)32-27(34(28)23-9-10-23)22-7-11-24(12-8-22)37(2,35)36/h3-8,11-13,23,30H,9-10,14-18H2,1-2H3. The van der Waals surface area contributed by atoms with E-state index in [9.17, 15) is 8.42 Å². The number of sulfone groups is 1. The van der Waals surface area contributed by atoms with Gasteiger partial charge in [0.05, 0.1) is 10.6 Å². The Morgan fingerprint density at radius 3 is 2.24 bits per heavy atom. The molecule has 3 fully saturated rings. The molecule has 1 N–H and O–H groups in total. The first-order valence-electron chi connectivity index (χ1n) is 13.0. The Bertz CT molecular complexity index is 1610. The number of imidazole rings is 1. The predicted octanol–water partition coefficient (Wildman–Crippen LogP) is 4.22. The number of benzene rings is 2. The van der Waals surface area contributed by atoms with Crippen LogP contribution in [0.4, 0.5) is 0 Å². The monoisotopic (exact) mass is 513 g/mol. The summed E-state index contributed by atoms with van der Waals surface area (Å²) in [6, 6.07) is 18.4. The van der Waals surface area contributed by atoms with Gasteiger partial charge in [-0.1, -0.05) is 24.3 Å². The zero-order valence-corrected chi connectivity index (χ0v) is 22.1. The first-order chi connectivity index (χ1) is 17.8.